The van der Waals surface area contributed by atoms with E-state index in [1.54, 1.807) is 6.20 Å². The zero-order valence-corrected chi connectivity index (χ0v) is 17.9. The van der Waals surface area contributed by atoms with Crippen LogP contribution in [0, 0.1) is 0 Å². The largest absolute Gasteiger partial charge is 0.370 e. The van der Waals surface area contributed by atoms with Crippen LogP contribution in [0.25, 0.3) is 0 Å². The second-order valence-electron chi connectivity index (χ2n) is 6.09. The van der Waals surface area contributed by atoms with Crippen molar-refractivity contribution in [3.05, 3.63) is 64.4 Å². The van der Waals surface area contributed by atoms with Gasteiger partial charge in [-0.3, -0.25) is 9.98 Å². The first-order chi connectivity index (χ1) is 11.0. The minimum Gasteiger partial charge on any atom is -0.370 e. The lowest BCUT2D eigenvalue weighted by atomic mass is 9.85. The van der Waals surface area contributed by atoms with Crippen molar-refractivity contribution in [1.82, 2.24) is 10.3 Å². The van der Waals surface area contributed by atoms with Gasteiger partial charge in [0.15, 0.2) is 5.96 Å². The number of aliphatic imine (C=N–C) groups is 1. The van der Waals surface area contributed by atoms with Crippen molar-refractivity contribution in [1.29, 1.82) is 0 Å². The summed E-state index contributed by atoms with van der Waals surface area (Å²) >= 11 is 3.46. The van der Waals surface area contributed by atoms with Gasteiger partial charge in [0.25, 0.3) is 0 Å². The first-order valence-corrected chi connectivity index (χ1v) is 8.46. The molecular formula is C18H24BrIN4. The molecule has 0 spiro atoms. The number of aromatic nitrogens is 1. The van der Waals surface area contributed by atoms with E-state index in [-0.39, 0.29) is 29.4 Å². The number of nitrogens with one attached hydrogen (secondary N) is 1. The molecule has 1 aromatic carbocycles. The molecule has 1 heterocycles. The molecule has 0 radical (unpaired) electrons. The number of guanidine groups is 1. The lowest BCUT2D eigenvalue weighted by Gasteiger charge is -2.23. The van der Waals surface area contributed by atoms with Crippen LogP contribution in [-0.4, -0.2) is 24.0 Å². The van der Waals surface area contributed by atoms with Crippen LogP contribution in [0.15, 0.2) is 58.1 Å². The number of nitrogens with zero attached hydrogens (tertiary/aromatic N) is 2. The third kappa shape index (κ3) is 6.76. The van der Waals surface area contributed by atoms with Crippen LogP contribution in [0.4, 0.5) is 0 Å². The first kappa shape index (κ1) is 20.9. The van der Waals surface area contributed by atoms with E-state index in [1.807, 2.05) is 18.2 Å². The molecule has 0 unspecified atom stereocenters. The summed E-state index contributed by atoms with van der Waals surface area (Å²) in [6.07, 6.45) is 2.63. The molecule has 1 aromatic heterocycles. The number of hydrogen-bond donors (Lipinski definition) is 2. The maximum absolute atomic E-state index is 5.96. The Morgan fingerprint density at radius 1 is 1.21 bits per heavy atom. The van der Waals surface area contributed by atoms with Gasteiger partial charge in [0.2, 0.25) is 0 Å². The number of nitrogens with two attached hydrogens (primary N) is 1. The SMILES string of the molecule is CC(C)(CN=C(N)NCCc1ccccn1)c1ccc(Br)cc1.I. The molecule has 0 saturated heterocycles. The van der Waals surface area contributed by atoms with Crippen molar-refractivity contribution < 1.29 is 0 Å². The Morgan fingerprint density at radius 2 is 1.92 bits per heavy atom. The highest BCUT2D eigenvalue weighted by Crippen LogP contribution is 2.24. The van der Waals surface area contributed by atoms with Gasteiger partial charge >= 0.3 is 0 Å². The molecule has 0 aliphatic carbocycles. The minimum atomic E-state index is -0.0615. The molecule has 0 amide bonds. The van der Waals surface area contributed by atoms with Crippen LogP contribution in [0.3, 0.4) is 0 Å². The van der Waals surface area contributed by atoms with Crippen molar-refractivity contribution in [3.8, 4) is 0 Å². The average Bonchev–Trinajstić information content (AvgIpc) is 2.54. The van der Waals surface area contributed by atoms with E-state index < -0.39 is 0 Å². The molecule has 0 aliphatic rings. The number of halogens is 2. The standard InChI is InChI=1S/C18H23BrN4.HI/c1-18(2,14-6-8-15(19)9-7-14)13-23-17(20)22-12-10-16-5-3-4-11-21-16;/h3-9,11H,10,12-13H2,1-2H3,(H3,20,22,23);1H. The Bertz CT molecular complexity index is 642. The van der Waals surface area contributed by atoms with Gasteiger partial charge in [0.05, 0.1) is 6.54 Å². The molecule has 4 nitrogen and oxygen atoms in total. The summed E-state index contributed by atoms with van der Waals surface area (Å²) in [7, 11) is 0. The highest BCUT2D eigenvalue weighted by Gasteiger charge is 2.20. The Kier molecular flexibility index (Phi) is 8.69. The molecule has 0 saturated carbocycles. The Morgan fingerprint density at radius 3 is 2.54 bits per heavy atom. The molecule has 0 fully saturated rings. The average molecular weight is 503 g/mol. The van der Waals surface area contributed by atoms with Crippen LogP contribution in [0.2, 0.25) is 0 Å². The molecule has 2 rings (SSSR count). The van der Waals surface area contributed by atoms with Gasteiger partial charge < -0.3 is 11.1 Å². The van der Waals surface area contributed by atoms with E-state index in [0.29, 0.717) is 12.5 Å². The number of rotatable bonds is 6. The van der Waals surface area contributed by atoms with E-state index in [9.17, 15) is 0 Å². The maximum Gasteiger partial charge on any atom is 0.188 e. The Labute approximate surface area is 169 Å². The van der Waals surface area contributed by atoms with Crippen molar-refractivity contribution in [2.45, 2.75) is 25.7 Å². The van der Waals surface area contributed by atoms with Crippen LogP contribution < -0.4 is 11.1 Å². The topological polar surface area (TPSA) is 63.3 Å². The summed E-state index contributed by atoms with van der Waals surface area (Å²) < 4.78 is 1.08. The second-order valence-corrected chi connectivity index (χ2v) is 7.01. The third-order valence-corrected chi connectivity index (χ3v) is 4.21. The monoisotopic (exact) mass is 502 g/mol. The van der Waals surface area contributed by atoms with Crippen molar-refractivity contribution in [2.24, 2.45) is 10.7 Å². The zero-order chi connectivity index (χ0) is 16.7. The predicted molar refractivity (Wildman–Crippen MR) is 115 cm³/mol. The lowest BCUT2D eigenvalue weighted by molar-refractivity contribution is 0.538. The normalized spacial score (nSPS) is 11.7. The van der Waals surface area contributed by atoms with E-state index in [0.717, 1.165) is 23.1 Å². The van der Waals surface area contributed by atoms with Gasteiger partial charge in [0.1, 0.15) is 0 Å². The van der Waals surface area contributed by atoms with E-state index in [2.05, 4.69) is 69.3 Å². The van der Waals surface area contributed by atoms with Gasteiger partial charge in [0, 0.05) is 34.7 Å². The predicted octanol–water partition coefficient (Wildman–Crippen LogP) is 3.89. The highest BCUT2D eigenvalue weighted by atomic mass is 127. The fraction of sp³-hybridized carbons (Fsp3) is 0.333. The molecule has 0 bridgehead atoms. The second kappa shape index (κ2) is 9.98. The summed E-state index contributed by atoms with van der Waals surface area (Å²) in [6.45, 7) is 5.70. The number of hydrogen-bond acceptors (Lipinski definition) is 2. The van der Waals surface area contributed by atoms with E-state index in [4.69, 9.17) is 5.73 Å². The van der Waals surface area contributed by atoms with Crippen molar-refractivity contribution >= 4 is 45.9 Å². The summed E-state index contributed by atoms with van der Waals surface area (Å²) in [6, 6.07) is 14.2. The summed E-state index contributed by atoms with van der Waals surface area (Å²) in [5, 5.41) is 3.14. The summed E-state index contributed by atoms with van der Waals surface area (Å²) in [4.78, 5) is 8.76. The van der Waals surface area contributed by atoms with Gasteiger partial charge in [-0.1, -0.05) is 48.0 Å². The highest BCUT2D eigenvalue weighted by molar-refractivity contribution is 14.0. The van der Waals surface area contributed by atoms with Crippen LogP contribution in [0.1, 0.15) is 25.1 Å². The van der Waals surface area contributed by atoms with Crippen molar-refractivity contribution in [2.75, 3.05) is 13.1 Å². The molecule has 0 aliphatic heterocycles. The molecule has 130 valence electrons. The number of pyridine rings is 1. The zero-order valence-electron chi connectivity index (χ0n) is 14.0. The van der Waals surface area contributed by atoms with Crippen LogP contribution >= 0.6 is 39.9 Å². The van der Waals surface area contributed by atoms with Gasteiger partial charge in [-0.05, 0) is 29.8 Å². The molecule has 2 aromatic rings. The minimum absolute atomic E-state index is 0. The first-order valence-electron chi connectivity index (χ1n) is 7.67. The van der Waals surface area contributed by atoms with E-state index in [1.165, 1.54) is 5.56 Å². The van der Waals surface area contributed by atoms with Crippen LogP contribution in [0.5, 0.6) is 0 Å². The van der Waals surface area contributed by atoms with Gasteiger partial charge in [-0.15, -0.1) is 24.0 Å². The summed E-state index contributed by atoms with van der Waals surface area (Å²) in [5.74, 6) is 0.478. The number of benzene rings is 1. The lowest BCUT2D eigenvalue weighted by Crippen LogP contribution is -2.35. The Balaban J connectivity index is 0.00000288. The maximum atomic E-state index is 5.96. The Hall–Kier alpha value is -1.15. The fourth-order valence-corrected chi connectivity index (χ4v) is 2.46. The molecule has 24 heavy (non-hydrogen) atoms. The van der Waals surface area contributed by atoms with Crippen molar-refractivity contribution in [3.63, 3.8) is 0 Å². The van der Waals surface area contributed by atoms with Gasteiger partial charge in [-0.25, -0.2) is 0 Å². The molecule has 6 heteroatoms. The summed E-state index contributed by atoms with van der Waals surface area (Å²) in [5.41, 5.74) is 8.18. The van der Waals surface area contributed by atoms with E-state index >= 15 is 0 Å². The molecule has 0 atom stereocenters. The quantitative estimate of drug-likeness (QED) is 0.358. The fourth-order valence-electron chi connectivity index (χ4n) is 2.20. The molecule has 3 N–H and O–H groups in total. The molecular weight excluding hydrogens is 479 g/mol. The van der Waals surface area contributed by atoms with Gasteiger partial charge in [-0.2, -0.15) is 0 Å². The smallest absolute Gasteiger partial charge is 0.188 e. The third-order valence-electron chi connectivity index (χ3n) is 3.68. The van der Waals surface area contributed by atoms with Crippen LogP contribution in [-0.2, 0) is 11.8 Å².